The minimum atomic E-state index is -4.83. The number of aryl methyl sites for hydroxylation is 3. The standard InChI is InChI=1S/C25H22F3N7O3/c1-5-19-30-20(38-34-19)11-35-13(3)22(23(32-35)25(26,27)28)31-24(36)16-10-18(21-12(2)33-37-14(21)4)29-17-9-7-6-8-15(16)17/h6-10H,5,11H2,1-4H3,(H,31,36). The van der Waals surface area contributed by atoms with Crippen LogP contribution in [0.15, 0.2) is 39.4 Å². The summed E-state index contributed by atoms with van der Waals surface area (Å²) in [5, 5.41) is 14.3. The third kappa shape index (κ3) is 4.51. The second-order valence-electron chi connectivity index (χ2n) is 8.65. The first-order valence-corrected chi connectivity index (χ1v) is 11.7. The predicted molar refractivity (Wildman–Crippen MR) is 129 cm³/mol. The fourth-order valence-electron chi connectivity index (χ4n) is 4.20. The fraction of sp³-hybridized carbons (Fsp3) is 0.280. The van der Waals surface area contributed by atoms with Crippen molar-refractivity contribution in [2.45, 2.75) is 46.8 Å². The Morgan fingerprint density at radius 1 is 1.08 bits per heavy atom. The summed E-state index contributed by atoms with van der Waals surface area (Å²) in [5.41, 5.74) is 0.594. The molecule has 0 aliphatic rings. The molecule has 0 spiro atoms. The van der Waals surface area contributed by atoms with Crippen LogP contribution in [0.4, 0.5) is 18.9 Å². The normalized spacial score (nSPS) is 11.9. The number of carbonyl (C=O) groups excluding carboxylic acids is 1. The van der Waals surface area contributed by atoms with Crippen LogP contribution in [0.3, 0.4) is 0 Å². The molecule has 0 unspecified atom stereocenters. The Morgan fingerprint density at radius 3 is 2.50 bits per heavy atom. The van der Waals surface area contributed by atoms with Crippen molar-refractivity contribution in [3.05, 3.63) is 70.5 Å². The summed E-state index contributed by atoms with van der Waals surface area (Å²) in [6.07, 6.45) is -4.32. The van der Waals surface area contributed by atoms with E-state index in [1.54, 1.807) is 38.1 Å². The highest BCUT2D eigenvalue weighted by molar-refractivity contribution is 6.13. The highest BCUT2D eigenvalue weighted by Gasteiger charge is 2.39. The Kier molecular flexibility index (Phi) is 6.21. The lowest BCUT2D eigenvalue weighted by Crippen LogP contribution is -2.17. The van der Waals surface area contributed by atoms with Gasteiger partial charge in [0.05, 0.1) is 39.4 Å². The van der Waals surface area contributed by atoms with Crippen LogP contribution in [0.25, 0.3) is 22.2 Å². The number of anilines is 1. The van der Waals surface area contributed by atoms with Crippen LogP contribution < -0.4 is 5.32 Å². The first-order chi connectivity index (χ1) is 18.1. The lowest BCUT2D eigenvalue weighted by molar-refractivity contribution is -0.140. The van der Waals surface area contributed by atoms with Crippen molar-refractivity contribution in [2.24, 2.45) is 0 Å². The van der Waals surface area contributed by atoms with Crippen LogP contribution in [-0.4, -0.2) is 36.0 Å². The highest BCUT2D eigenvalue weighted by atomic mass is 19.4. The van der Waals surface area contributed by atoms with E-state index in [1.807, 2.05) is 6.92 Å². The molecule has 38 heavy (non-hydrogen) atoms. The smallest absolute Gasteiger partial charge is 0.361 e. The number of fused-ring (bicyclic) bond motifs is 1. The number of hydrogen-bond acceptors (Lipinski definition) is 8. The second kappa shape index (κ2) is 9.39. The van der Waals surface area contributed by atoms with E-state index in [9.17, 15) is 18.0 Å². The number of halogens is 3. The molecule has 0 atom stereocenters. The van der Waals surface area contributed by atoms with Crippen molar-refractivity contribution in [2.75, 3.05) is 5.32 Å². The zero-order valence-electron chi connectivity index (χ0n) is 20.8. The van der Waals surface area contributed by atoms with Gasteiger partial charge in [0.2, 0.25) is 5.89 Å². The molecule has 0 radical (unpaired) electrons. The van der Waals surface area contributed by atoms with E-state index < -0.39 is 23.5 Å². The number of rotatable bonds is 6. The van der Waals surface area contributed by atoms with Gasteiger partial charge in [-0.25, -0.2) is 4.98 Å². The molecule has 4 aromatic heterocycles. The summed E-state index contributed by atoms with van der Waals surface area (Å²) in [6.45, 7) is 6.51. The van der Waals surface area contributed by atoms with Crippen molar-refractivity contribution < 1.29 is 27.0 Å². The van der Waals surface area contributed by atoms with E-state index in [4.69, 9.17) is 9.05 Å². The third-order valence-corrected chi connectivity index (χ3v) is 6.08. The molecule has 1 amide bonds. The van der Waals surface area contributed by atoms with Crippen molar-refractivity contribution in [3.8, 4) is 11.3 Å². The lowest BCUT2D eigenvalue weighted by atomic mass is 10.0. The number of aromatic nitrogens is 6. The van der Waals surface area contributed by atoms with Crippen LogP contribution in [0.1, 0.15) is 51.8 Å². The number of amides is 1. The molecular formula is C25H22F3N7O3. The zero-order valence-corrected chi connectivity index (χ0v) is 20.8. The van der Waals surface area contributed by atoms with Gasteiger partial charge in [0.15, 0.2) is 11.5 Å². The largest absolute Gasteiger partial charge is 0.437 e. The summed E-state index contributed by atoms with van der Waals surface area (Å²) >= 11 is 0. The first-order valence-electron chi connectivity index (χ1n) is 11.7. The van der Waals surface area contributed by atoms with Gasteiger partial charge in [-0.2, -0.15) is 23.3 Å². The Morgan fingerprint density at radius 2 is 1.84 bits per heavy atom. The maximum atomic E-state index is 14.0. The van der Waals surface area contributed by atoms with Crippen LogP contribution in [0.5, 0.6) is 0 Å². The van der Waals surface area contributed by atoms with Gasteiger partial charge in [0.1, 0.15) is 12.3 Å². The predicted octanol–water partition coefficient (Wildman–Crippen LogP) is 5.28. The van der Waals surface area contributed by atoms with Gasteiger partial charge in [0.25, 0.3) is 5.91 Å². The molecule has 0 saturated heterocycles. The van der Waals surface area contributed by atoms with Gasteiger partial charge >= 0.3 is 6.18 Å². The van der Waals surface area contributed by atoms with E-state index >= 15 is 0 Å². The molecule has 5 aromatic rings. The maximum Gasteiger partial charge on any atom is 0.437 e. The SMILES string of the molecule is CCc1noc(Cn2nc(C(F)(F)F)c(NC(=O)c3cc(-c4c(C)noc4C)nc4ccccc34)c2C)n1. The van der Waals surface area contributed by atoms with Crippen molar-refractivity contribution >= 4 is 22.5 Å². The quantitative estimate of drug-likeness (QED) is 0.318. The summed E-state index contributed by atoms with van der Waals surface area (Å²) in [7, 11) is 0. The monoisotopic (exact) mass is 525 g/mol. The summed E-state index contributed by atoms with van der Waals surface area (Å²) in [6, 6.07) is 8.38. The molecule has 0 bridgehead atoms. The molecule has 1 N–H and O–H groups in total. The summed E-state index contributed by atoms with van der Waals surface area (Å²) in [5.74, 6) is 0.271. The van der Waals surface area contributed by atoms with Crippen LogP contribution in [0, 0.1) is 20.8 Å². The Labute approximate surface area is 213 Å². The van der Waals surface area contributed by atoms with E-state index in [0.717, 1.165) is 4.68 Å². The molecule has 0 aliphatic carbocycles. The third-order valence-electron chi connectivity index (χ3n) is 6.08. The highest BCUT2D eigenvalue weighted by Crippen LogP contribution is 2.37. The molecule has 5 rings (SSSR count). The first kappa shape index (κ1) is 25.1. The number of nitrogens with zero attached hydrogens (tertiary/aromatic N) is 6. The van der Waals surface area contributed by atoms with Gasteiger partial charge in [0, 0.05) is 11.8 Å². The average Bonchev–Trinajstić information content (AvgIpc) is 3.56. The van der Waals surface area contributed by atoms with Crippen molar-refractivity contribution in [1.82, 2.24) is 30.1 Å². The fourth-order valence-corrected chi connectivity index (χ4v) is 4.20. The van der Waals surface area contributed by atoms with Gasteiger partial charge in [-0.1, -0.05) is 35.4 Å². The second-order valence-corrected chi connectivity index (χ2v) is 8.65. The summed E-state index contributed by atoms with van der Waals surface area (Å²) in [4.78, 5) is 22.3. The number of benzene rings is 1. The van der Waals surface area contributed by atoms with Crippen LogP contribution in [-0.2, 0) is 19.1 Å². The van der Waals surface area contributed by atoms with E-state index in [2.05, 4.69) is 30.7 Å². The average molecular weight is 525 g/mol. The number of pyridine rings is 1. The van der Waals surface area contributed by atoms with Gasteiger partial charge in [-0.3, -0.25) is 9.48 Å². The van der Waals surface area contributed by atoms with Crippen molar-refractivity contribution in [3.63, 3.8) is 0 Å². The van der Waals surface area contributed by atoms with E-state index in [0.29, 0.717) is 45.9 Å². The molecule has 10 nitrogen and oxygen atoms in total. The molecule has 4 heterocycles. The van der Waals surface area contributed by atoms with Crippen LogP contribution >= 0.6 is 0 Å². The van der Waals surface area contributed by atoms with E-state index in [-0.39, 0.29) is 23.7 Å². The van der Waals surface area contributed by atoms with Gasteiger partial charge < -0.3 is 14.4 Å². The summed E-state index contributed by atoms with van der Waals surface area (Å²) < 4.78 is 53.4. The molecule has 0 aliphatic heterocycles. The minimum Gasteiger partial charge on any atom is -0.361 e. The van der Waals surface area contributed by atoms with Gasteiger partial charge in [-0.15, -0.1) is 0 Å². The molecule has 13 heteroatoms. The maximum absolute atomic E-state index is 14.0. The number of nitrogens with one attached hydrogen (secondary N) is 1. The molecule has 1 aromatic carbocycles. The Bertz CT molecular complexity index is 1650. The number of alkyl halides is 3. The van der Waals surface area contributed by atoms with Crippen LogP contribution in [0.2, 0.25) is 0 Å². The zero-order chi connectivity index (χ0) is 27.2. The Hall–Kier alpha value is -4.55. The molecule has 0 fully saturated rings. The number of para-hydroxylation sites is 1. The topological polar surface area (TPSA) is 125 Å². The molecule has 0 saturated carbocycles. The van der Waals surface area contributed by atoms with Crippen molar-refractivity contribution in [1.29, 1.82) is 0 Å². The van der Waals surface area contributed by atoms with Gasteiger partial charge in [-0.05, 0) is 32.9 Å². The Balaban J connectivity index is 1.58. The molecular weight excluding hydrogens is 503 g/mol. The lowest BCUT2D eigenvalue weighted by Gasteiger charge is -2.12. The molecule has 196 valence electrons. The van der Waals surface area contributed by atoms with E-state index in [1.165, 1.54) is 13.0 Å². The number of hydrogen-bond donors (Lipinski definition) is 1. The number of carbonyl (C=O) groups is 1. The minimum absolute atomic E-state index is 0.0752.